The zero-order chi connectivity index (χ0) is 12.1. The van der Waals surface area contributed by atoms with Crippen molar-refractivity contribution in [3.8, 4) is 0 Å². The molecular weight excluding hydrogens is 210 g/mol. The summed E-state index contributed by atoms with van der Waals surface area (Å²) in [5, 5.41) is 10.2. The lowest BCUT2D eigenvalue weighted by atomic mass is 9.93. The van der Waals surface area contributed by atoms with Gasteiger partial charge in [0, 0.05) is 11.9 Å². The predicted molar refractivity (Wildman–Crippen MR) is 68.5 cm³/mol. The lowest BCUT2D eigenvalue weighted by Gasteiger charge is -2.18. The highest BCUT2D eigenvalue weighted by Crippen LogP contribution is 2.23. The number of nitrogens with zero attached hydrogens (tertiary/aromatic N) is 1. The number of hydrogen-bond donors (Lipinski definition) is 1. The first-order valence-corrected chi connectivity index (χ1v) is 5.90. The molecule has 2 heteroatoms. The summed E-state index contributed by atoms with van der Waals surface area (Å²) in [5.74, 6) is 0.160. The number of aliphatic hydroxyl groups is 1. The van der Waals surface area contributed by atoms with Crippen molar-refractivity contribution in [2.24, 2.45) is 5.92 Å². The van der Waals surface area contributed by atoms with Gasteiger partial charge in [0.2, 0.25) is 0 Å². The van der Waals surface area contributed by atoms with Crippen molar-refractivity contribution in [3.05, 3.63) is 66.0 Å². The first-order chi connectivity index (χ1) is 8.27. The van der Waals surface area contributed by atoms with Crippen LogP contribution in [0.5, 0.6) is 0 Å². The molecule has 1 N–H and O–H groups in total. The van der Waals surface area contributed by atoms with E-state index in [0.29, 0.717) is 0 Å². The number of benzene rings is 1. The Morgan fingerprint density at radius 1 is 1.06 bits per heavy atom. The van der Waals surface area contributed by atoms with Gasteiger partial charge < -0.3 is 5.11 Å². The van der Waals surface area contributed by atoms with E-state index in [0.717, 1.165) is 17.7 Å². The molecule has 2 atom stereocenters. The highest BCUT2D eigenvalue weighted by molar-refractivity contribution is 5.18. The Labute approximate surface area is 102 Å². The highest BCUT2D eigenvalue weighted by atomic mass is 16.3. The van der Waals surface area contributed by atoms with Crippen LogP contribution < -0.4 is 0 Å². The van der Waals surface area contributed by atoms with Crippen molar-refractivity contribution in [3.63, 3.8) is 0 Å². The van der Waals surface area contributed by atoms with E-state index in [1.165, 1.54) is 0 Å². The third kappa shape index (κ3) is 3.14. The molecule has 17 heavy (non-hydrogen) atoms. The second-order valence-corrected chi connectivity index (χ2v) is 4.36. The molecule has 88 valence electrons. The maximum absolute atomic E-state index is 10.2. The Kier molecular flexibility index (Phi) is 3.89. The van der Waals surface area contributed by atoms with Gasteiger partial charge in [0.05, 0.1) is 6.10 Å². The standard InChI is InChI=1S/C15H17NO/c1-12(11-14-9-5-6-10-16-14)15(17)13-7-3-2-4-8-13/h2-10,12,15,17H,11H2,1H3. The summed E-state index contributed by atoms with van der Waals surface area (Å²) in [5.41, 5.74) is 1.99. The highest BCUT2D eigenvalue weighted by Gasteiger charge is 2.16. The molecular formula is C15H17NO. The largest absolute Gasteiger partial charge is 0.388 e. The summed E-state index contributed by atoms with van der Waals surface area (Å²) >= 11 is 0. The van der Waals surface area contributed by atoms with Gasteiger partial charge in [0.25, 0.3) is 0 Å². The molecule has 0 bridgehead atoms. The Hall–Kier alpha value is -1.67. The lowest BCUT2D eigenvalue weighted by molar-refractivity contribution is 0.117. The first kappa shape index (κ1) is 11.8. The molecule has 0 saturated heterocycles. The third-order valence-corrected chi connectivity index (χ3v) is 2.94. The van der Waals surface area contributed by atoms with Crippen molar-refractivity contribution in [2.75, 3.05) is 0 Å². The Morgan fingerprint density at radius 2 is 1.76 bits per heavy atom. The number of aromatic nitrogens is 1. The van der Waals surface area contributed by atoms with Crippen LogP contribution in [0.15, 0.2) is 54.7 Å². The minimum absolute atomic E-state index is 0.160. The fourth-order valence-electron chi connectivity index (χ4n) is 1.94. The topological polar surface area (TPSA) is 33.1 Å². The Balaban J connectivity index is 2.03. The van der Waals surface area contributed by atoms with Crippen LogP contribution in [0.4, 0.5) is 0 Å². The smallest absolute Gasteiger partial charge is 0.0819 e. The van der Waals surface area contributed by atoms with Gasteiger partial charge in [-0.1, -0.05) is 43.3 Å². The molecule has 0 radical (unpaired) electrons. The molecule has 0 amide bonds. The molecule has 1 aromatic carbocycles. The first-order valence-electron chi connectivity index (χ1n) is 5.90. The molecule has 2 unspecified atom stereocenters. The van der Waals surface area contributed by atoms with Crippen LogP contribution in [-0.2, 0) is 6.42 Å². The minimum Gasteiger partial charge on any atom is -0.388 e. The summed E-state index contributed by atoms with van der Waals surface area (Å²) in [6.07, 6.45) is 2.15. The van der Waals surface area contributed by atoms with Gasteiger partial charge in [-0.25, -0.2) is 0 Å². The quantitative estimate of drug-likeness (QED) is 0.871. The van der Waals surface area contributed by atoms with Crippen molar-refractivity contribution in [1.82, 2.24) is 4.98 Å². The van der Waals surface area contributed by atoms with Crippen molar-refractivity contribution in [2.45, 2.75) is 19.4 Å². The molecule has 1 aromatic heterocycles. The maximum atomic E-state index is 10.2. The Morgan fingerprint density at radius 3 is 2.41 bits per heavy atom. The minimum atomic E-state index is -0.432. The SMILES string of the molecule is CC(Cc1ccccn1)C(O)c1ccccc1. The van der Waals surface area contributed by atoms with E-state index in [1.807, 2.05) is 55.5 Å². The molecule has 1 heterocycles. The summed E-state index contributed by atoms with van der Waals surface area (Å²) < 4.78 is 0. The third-order valence-electron chi connectivity index (χ3n) is 2.94. The monoisotopic (exact) mass is 227 g/mol. The van der Waals surface area contributed by atoms with Gasteiger partial charge in [-0.15, -0.1) is 0 Å². The van der Waals surface area contributed by atoms with Crippen molar-refractivity contribution in [1.29, 1.82) is 0 Å². The van der Waals surface area contributed by atoms with Gasteiger partial charge >= 0.3 is 0 Å². The van der Waals surface area contributed by atoms with E-state index in [4.69, 9.17) is 0 Å². The molecule has 0 spiro atoms. The van der Waals surface area contributed by atoms with E-state index in [9.17, 15) is 5.11 Å². The lowest BCUT2D eigenvalue weighted by Crippen LogP contribution is -2.12. The molecule has 2 aromatic rings. The average Bonchev–Trinajstić information content (AvgIpc) is 2.40. The summed E-state index contributed by atoms with van der Waals surface area (Å²) in [6.45, 7) is 2.05. The van der Waals surface area contributed by atoms with Crippen LogP contribution in [0.3, 0.4) is 0 Å². The molecule has 0 aliphatic rings. The summed E-state index contributed by atoms with van der Waals surface area (Å²) in [6, 6.07) is 15.6. The van der Waals surface area contributed by atoms with Crippen LogP contribution in [0.2, 0.25) is 0 Å². The van der Waals surface area contributed by atoms with Crippen LogP contribution in [0.1, 0.15) is 24.3 Å². The van der Waals surface area contributed by atoms with E-state index in [2.05, 4.69) is 4.98 Å². The zero-order valence-electron chi connectivity index (χ0n) is 9.95. The van der Waals surface area contributed by atoms with E-state index in [1.54, 1.807) is 6.20 Å². The number of hydrogen-bond acceptors (Lipinski definition) is 2. The maximum Gasteiger partial charge on any atom is 0.0819 e. The number of pyridine rings is 1. The van der Waals surface area contributed by atoms with Gasteiger partial charge in [-0.3, -0.25) is 4.98 Å². The predicted octanol–water partition coefficient (Wildman–Crippen LogP) is 2.99. The fraction of sp³-hybridized carbons (Fsp3) is 0.267. The van der Waals surface area contributed by atoms with Crippen LogP contribution >= 0.6 is 0 Å². The van der Waals surface area contributed by atoms with Crippen molar-refractivity contribution >= 4 is 0 Å². The molecule has 2 nitrogen and oxygen atoms in total. The van der Waals surface area contributed by atoms with Crippen molar-refractivity contribution < 1.29 is 5.11 Å². The van der Waals surface area contributed by atoms with E-state index in [-0.39, 0.29) is 5.92 Å². The van der Waals surface area contributed by atoms with Gasteiger partial charge in [0.15, 0.2) is 0 Å². The summed E-state index contributed by atoms with van der Waals surface area (Å²) in [4.78, 5) is 4.28. The average molecular weight is 227 g/mol. The molecule has 0 aliphatic heterocycles. The molecule has 0 aliphatic carbocycles. The van der Waals surface area contributed by atoms with Gasteiger partial charge in [-0.05, 0) is 30.0 Å². The number of rotatable bonds is 4. The molecule has 0 saturated carbocycles. The number of aliphatic hydroxyl groups excluding tert-OH is 1. The van der Waals surface area contributed by atoms with Gasteiger partial charge in [-0.2, -0.15) is 0 Å². The zero-order valence-corrected chi connectivity index (χ0v) is 9.95. The van der Waals surface area contributed by atoms with Crippen LogP contribution in [0.25, 0.3) is 0 Å². The van der Waals surface area contributed by atoms with E-state index < -0.39 is 6.10 Å². The second-order valence-electron chi connectivity index (χ2n) is 4.36. The van der Waals surface area contributed by atoms with Crippen LogP contribution in [0, 0.1) is 5.92 Å². The molecule has 0 fully saturated rings. The second kappa shape index (κ2) is 5.60. The Bertz CT molecular complexity index is 441. The summed E-state index contributed by atoms with van der Waals surface area (Å²) in [7, 11) is 0. The fourth-order valence-corrected chi connectivity index (χ4v) is 1.94. The normalized spacial score (nSPS) is 14.2. The van der Waals surface area contributed by atoms with Crippen LogP contribution in [-0.4, -0.2) is 10.1 Å². The van der Waals surface area contributed by atoms with Gasteiger partial charge in [0.1, 0.15) is 0 Å². The molecule has 2 rings (SSSR count). The van der Waals surface area contributed by atoms with E-state index >= 15 is 0 Å².